The van der Waals surface area contributed by atoms with E-state index in [2.05, 4.69) is 16.7 Å². The van der Waals surface area contributed by atoms with Crippen molar-refractivity contribution in [3.05, 3.63) is 0 Å². The number of hydrogen-bond donors (Lipinski definition) is 1. The molecule has 0 saturated heterocycles. The highest BCUT2D eigenvalue weighted by atomic mass is 28.2. The summed E-state index contributed by atoms with van der Waals surface area (Å²) in [4.78, 5) is 0. The molecule has 0 saturated carbocycles. The molecular weight excluding hydrogens is 142 g/mol. The lowest BCUT2D eigenvalue weighted by Gasteiger charge is -1.89. The van der Waals surface area contributed by atoms with E-state index >= 15 is 0 Å². The molecule has 0 rings (SSSR count). The van der Waals surface area contributed by atoms with Crippen molar-refractivity contribution in [2.45, 2.75) is 26.7 Å². The Balaban J connectivity index is 0. The van der Waals surface area contributed by atoms with E-state index in [0.717, 1.165) is 23.6 Å². The Labute approximate surface area is 67.9 Å². The maximum Gasteiger partial charge on any atom is 0.145 e. The Morgan fingerprint density at radius 1 is 1.40 bits per heavy atom. The van der Waals surface area contributed by atoms with Gasteiger partial charge in [-0.15, -0.1) is 0 Å². The summed E-state index contributed by atoms with van der Waals surface area (Å²) in [5, 5.41) is 3.07. The SMILES string of the molecule is CCCCNC.CCO[SiH3]. The first-order valence-electron chi connectivity index (χ1n) is 3.96. The summed E-state index contributed by atoms with van der Waals surface area (Å²) in [6.45, 7) is 6.23. The van der Waals surface area contributed by atoms with E-state index in [0.29, 0.717) is 0 Å². The summed E-state index contributed by atoms with van der Waals surface area (Å²) in [6, 6.07) is 0. The average Bonchev–Trinajstić information content (AvgIpc) is 2.01. The van der Waals surface area contributed by atoms with Crippen LogP contribution in [0.25, 0.3) is 0 Å². The van der Waals surface area contributed by atoms with Crippen molar-refractivity contribution < 1.29 is 4.43 Å². The van der Waals surface area contributed by atoms with Crippen molar-refractivity contribution in [3.8, 4) is 0 Å². The minimum absolute atomic E-state index is 0.881. The summed E-state index contributed by atoms with van der Waals surface area (Å²) in [5.41, 5.74) is 0. The molecular formula is C7H21NOSi. The number of nitrogens with one attached hydrogen (secondary N) is 1. The second-order valence-electron chi connectivity index (χ2n) is 2.03. The highest BCUT2D eigenvalue weighted by molar-refractivity contribution is 5.97. The van der Waals surface area contributed by atoms with Crippen molar-refractivity contribution in [1.82, 2.24) is 5.32 Å². The molecule has 0 radical (unpaired) electrons. The fraction of sp³-hybridized carbons (Fsp3) is 1.00. The molecule has 0 spiro atoms. The minimum atomic E-state index is 0.881. The van der Waals surface area contributed by atoms with Crippen LogP contribution in [0.1, 0.15) is 26.7 Å². The molecule has 0 aliphatic rings. The van der Waals surface area contributed by atoms with Gasteiger partial charge in [-0.3, -0.25) is 0 Å². The molecule has 0 aliphatic heterocycles. The zero-order chi connectivity index (χ0) is 8.24. The number of unbranched alkanes of at least 4 members (excludes halogenated alkanes) is 1. The average molecular weight is 163 g/mol. The molecule has 10 heavy (non-hydrogen) atoms. The Bertz CT molecular complexity index is 38.6. The van der Waals surface area contributed by atoms with Crippen LogP contribution in [0.3, 0.4) is 0 Å². The maximum absolute atomic E-state index is 4.68. The molecule has 0 aromatic heterocycles. The van der Waals surface area contributed by atoms with Gasteiger partial charge in [0.15, 0.2) is 0 Å². The quantitative estimate of drug-likeness (QED) is 0.476. The fourth-order valence-corrected chi connectivity index (χ4v) is 0.354. The topological polar surface area (TPSA) is 21.3 Å². The van der Waals surface area contributed by atoms with E-state index in [4.69, 9.17) is 0 Å². The van der Waals surface area contributed by atoms with Crippen molar-refractivity contribution in [2.24, 2.45) is 0 Å². The third kappa shape index (κ3) is 24.2. The van der Waals surface area contributed by atoms with Crippen molar-refractivity contribution in [3.63, 3.8) is 0 Å². The monoisotopic (exact) mass is 163 g/mol. The van der Waals surface area contributed by atoms with E-state index < -0.39 is 0 Å². The van der Waals surface area contributed by atoms with Gasteiger partial charge in [0.05, 0.1) is 0 Å². The summed E-state index contributed by atoms with van der Waals surface area (Å²) in [5.74, 6) is 0. The molecule has 0 atom stereocenters. The van der Waals surface area contributed by atoms with Crippen LogP contribution in [0.2, 0.25) is 0 Å². The van der Waals surface area contributed by atoms with Gasteiger partial charge >= 0.3 is 0 Å². The second kappa shape index (κ2) is 16.1. The molecule has 0 fully saturated rings. The van der Waals surface area contributed by atoms with Gasteiger partial charge in [-0.25, -0.2) is 0 Å². The molecule has 0 heterocycles. The normalized spacial score (nSPS) is 8.70. The minimum Gasteiger partial charge on any atom is -0.428 e. The standard InChI is InChI=1S/C5H13N.C2H8OSi/c1-3-4-5-6-2;1-2-3-4/h6H,3-5H2,1-2H3;2H2,1,4H3. The first-order valence-corrected chi connectivity index (χ1v) is 4.78. The van der Waals surface area contributed by atoms with Crippen LogP contribution in [0, 0.1) is 0 Å². The van der Waals surface area contributed by atoms with Crippen LogP contribution in [0.15, 0.2) is 0 Å². The molecule has 1 N–H and O–H groups in total. The van der Waals surface area contributed by atoms with E-state index in [1.165, 1.54) is 12.8 Å². The van der Waals surface area contributed by atoms with E-state index in [9.17, 15) is 0 Å². The Morgan fingerprint density at radius 3 is 2.00 bits per heavy atom. The Hall–Kier alpha value is 0.137. The molecule has 0 aromatic rings. The highest BCUT2D eigenvalue weighted by Crippen LogP contribution is 1.79. The lowest BCUT2D eigenvalue weighted by molar-refractivity contribution is 0.375. The first kappa shape index (κ1) is 12.8. The molecule has 0 bridgehead atoms. The zero-order valence-electron chi connectivity index (χ0n) is 7.74. The molecule has 0 aliphatic carbocycles. The fourth-order valence-electron chi connectivity index (χ4n) is 0.354. The Kier molecular flexibility index (Phi) is 20.5. The van der Waals surface area contributed by atoms with Gasteiger partial charge in [-0.2, -0.15) is 0 Å². The first-order chi connectivity index (χ1) is 4.83. The number of rotatable bonds is 4. The summed E-state index contributed by atoms with van der Waals surface area (Å²) in [6.07, 6.45) is 2.59. The van der Waals surface area contributed by atoms with Crippen LogP contribution >= 0.6 is 0 Å². The largest absolute Gasteiger partial charge is 0.428 e. The van der Waals surface area contributed by atoms with Gasteiger partial charge in [-0.1, -0.05) is 13.3 Å². The third-order valence-electron chi connectivity index (χ3n) is 1.07. The van der Waals surface area contributed by atoms with Crippen molar-refractivity contribution >= 4 is 10.5 Å². The van der Waals surface area contributed by atoms with Gasteiger partial charge in [0.2, 0.25) is 0 Å². The van der Waals surface area contributed by atoms with Crippen LogP contribution in [0.5, 0.6) is 0 Å². The predicted octanol–water partition coefficient (Wildman–Crippen LogP) is 0.309. The van der Waals surface area contributed by atoms with Gasteiger partial charge in [0.1, 0.15) is 10.5 Å². The summed E-state index contributed by atoms with van der Waals surface area (Å²) >= 11 is 0. The maximum atomic E-state index is 4.68. The van der Waals surface area contributed by atoms with E-state index in [-0.39, 0.29) is 0 Å². The predicted molar refractivity (Wildman–Crippen MR) is 50.4 cm³/mol. The lowest BCUT2D eigenvalue weighted by atomic mass is 10.3. The molecule has 2 nitrogen and oxygen atoms in total. The van der Waals surface area contributed by atoms with Crippen LogP contribution < -0.4 is 5.32 Å². The van der Waals surface area contributed by atoms with E-state index in [1.54, 1.807) is 0 Å². The number of hydrogen-bond acceptors (Lipinski definition) is 2. The highest BCUT2D eigenvalue weighted by Gasteiger charge is 1.73. The summed E-state index contributed by atoms with van der Waals surface area (Å²) < 4.78 is 4.68. The molecule has 3 heteroatoms. The van der Waals surface area contributed by atoms with Gasteiger partial charge < -0.3 is 9.74 Å². The van der Waals surface area contributed by atoms with Crippen molar-refractivity contribution in [1.29, 1.82) is 0 Å². The molecule has 0 unspecified atom stereocenters. The van der Waals surface area contributed by atoms with Gasteiger partial charge in [0, 0.05) is 6.61 Å². The molecule has 0 aromatic carbocycles. The molecule has 0 amide bonds. The second-order valence-corrected chi connectivity index (χ2v) is 2.61. The molecule has 64 valence electrons. The lowest BCUT2D eigenvalue weighted by Crippen LogP contribution is -2.06. The van der Waals surface area contributed by atoms with Crippen molar-refractivity contribution in [2.75, 3.05) is 20.2 Å². The van der Waals surface area contributed by atoms with Crippen LogP contribution in [-0.4, -0.2) is 30.7 Å². The van der Waals surface area contributed by atoms with Gasteiger partial charge in [0.25, 0.3) is 0 Å². The van der Waals surface area contributed by atoms with Crippen LogP contribution in [0.4, 0.5) is 0 Å². The zero-order valence-corrected chi connectivity index (χ0v) is 9.74. The summed E-state index contributed by atoms with van der Waals surface area (Å²) in [7, 11) is 2.87. The van der Waals surface area contributed by atoms with Gasteiger partial charge in [-0.05, 0) is 26.9 Å². The van der Waals surface area contributed by atoms with Crippen LogP contribution in [-0.2, 0) is 4.43 Å². The van der Waals surface area contributed by atoms with E-state index in [1.807, 2.05) is 14.0 Å². The Morgan fingerprint density at radius 2 is 1.90 bits per heavy atom. The smallest absolute Gasteiger partial charge is 0.145 e. The third-order valence-corrected chi connectivity index (χ3v) is 1.65.